The van der Waals surface area contributed by atoms with E-state index in [0.29, 0.717) is 18.4 Å². The molecule has 7 heteroatoms. The molecule has 0 saturated carbocycles. The van der Waals surface area contributed by atoms with E-state index in [1.807, 2.05) is 85.8 Å². The van der Waals surface area contributed by atoms with Crippen molar-refractivity contribution in [3.05, 3.63) is 107 Å². The molecule has 1 heterocycles. The van der Waals surface area contributed by atoms with Crippen LogP contribution in [0.2, 0.25) is 0 Å². The Bertz CT molecular complexity index is 1270. The summed E-state index contributed by atoms with van der Waals surface area (Å²) in [6, 6.07) is 23.9. The van der Waals surface area contributed by atoms with E-state index in [2.05, 4.69) is 5.32 Å². The standard InChI is InChI=1S/C30H30N2O5/c1-21-19-26(31-30(36)37-20-23-10-3-2-4-11-23)25-12-6-7-13-27(25)32(21)29(35)24-17-15-22(16-18-24)9-5-8-14-28(33)34/h2-7,9-13,15-18,21,26H,8,14,19-20H2,1H3,(H,31,36)(H,33,34)/t21-,26+/m0/s1. The number of hydrogen-bond donors (Lipinski definition) is 2. The van der Waals surface area contributed by atoms with Crippen molar-refractivity contribution in [2.24, 2.45) is 0 Å². The number of carboxylic acids is 1. The lowest BCUT2D eigenvalue weighted by Gasteiger charge is -2.39. The topological polar surface area (TPSA) is 95.9 Å². The number of carbonyl (C=O) groups is 3. The minimum atomic E-state index is -0.831. The Morgan fingerprint density at radius 2 is 1.70 bits per heavy atom. The lowest BCUT2D eigenvalue weighted by Crippen LogP contribution is -2.46. The molecule has 2 N–H and O–H groups in total. The number of amides is 2. The van der Waals surface area contributed by atoms with Crippen LogP contribution in [0.15, 0.2) is 84.9 Å². The van der Waals surface area contributed by atoms with E-state index in [9.17, 15) is 14.4 Å². The van der Waals surface area contributed by atoms with Crippen molar-refractivity contribution < 1.29 is 24.2 Å². The van der Waals surface area contributed by atoms with E-state index in [1.165, 1.54) is 0 Å². The van der Waals surface area contributed by atoms with Crippen molar-refractivity contribution in [3.63, 3.8) is 0 Å². The quantitative estimate of drug-likeness (QED) is 0.399. The molecule has 0 spiro atoms. The van der Waals surface area contributed by atoms with Crippen LogP contribution in [0.1, 0.15) is 59.3 Å². The Labute approximate surface area is 216 Å². The number of nitrogens with one attached hydrogen (secondary N) is 1. The van der Waals surface area contributed by atoms with E-state index >= 15 is 0 Å². The average molecular weight is 499 g/mol. The highest BCUT2D eigenvalue weighted by Gasteiger charge is 2.35. The molecule has 0 bridgehead atoms. The molecule has 0 aromatic heterocycles. The predicted molar refractivity (Wildman–Crippen MR) is 142 cm³/mol. The van der Waals surface area contributed by atoms with Gasteiger partial charge in [0, 0.05) is 23.7 Å². The molecule has 4 rings (SSSR count). The van der Waals surface area contributed by atoms with Gasteiger partial charge in [-0.05, 0) is 54.7 Å². The van der Waals surface area contributed by atoms with E-state index in [1.54, 1.807) is 17.0 Å². The van der Waals surface area contributed by atoms with Gasteiger partial charge >= 0.3 is 12.1 Å². The van der Waals surface area contributed by atoms with Crippen molar-refractivity contribution in [2.45, 2.75) is 44.9 Å². The van der Waals surface area contributed by atoms with Crippen LogP contribution in [0.25, 0.3) is 6.08 Å². The molecule has 1 aliphatic heterocycles. The zero-order valence-electron chi connectivity index (χ0n) is 20.7. The number of fused-ring (bicyclic) bond motifs is 1. The average Bonchev–Trinajstić information content (AvgIpc) is 2.90. The van der Waals surface area contributed by atoms with Crippen molar-refractivity contribution in [2.75, 3.05) is 4.90 Å². The van der Waals surface area contributed by atoms with Gasteiger partial charge in [-0.1, -0.05) is 72.8 Å². The molecule has 37 heavy (non-hydrogen) atoms. The number of alkyl carbamates (subject to hydrolysis) is 1. The number of hydrogen-bond acceptors (Lipinski definition) is 4. The van der Waals surface area contributed by atoms with Crippen LogP contribution in [0.5, 0.6) is 0 Å². The van der Waals surface area contributed by atoms with Crippen molar-refractivity contribution >= 4 is 29.7 Å². The molecule has 3 aromatic carbocycles. The molecule has 1 aliphatic rings. The van der Waals surface area contributed by atoms with E-state index in [4.69, 9.17) is 9.84 Å². The third kappa shape index (κ3) is 6.64. The van der Waals surface area contributed by atoms with Crippen molar-refractivity contribution in [1.29, 1.82) is 0 Å². The van der Waals surface area contributed by atoms with Gasteiger partial charge in [0.1, 0.15) is 6.61 Å². The predicted octanol–water partition coefficient (Wildman–Crippen LogP) is 5.97. The number of benzene rings is 3. The highest BCUT2D eigenvalue weighted by molar-refractivity contribution is 6.07. The van der Waals surface area contributed by atoms with Crippen LogP contribution < -0.4 is 10.2 Å². The number of rotatable bonds is 8. The van der Waals surface area contributed by atoms with Gasteiger partial charge in [0.15, 0.2) is 0 Å². The fourth-order valence-electron chi connectivity index (χ4n) is 4.47. The monoisotopic (exact) mass is 498 g/mol. The molecule has 3 aromatic rings. The van der Waals surface area contributed by atoms with Gasteiger partial charge in [0.05, 0.1) is 6.04 Å². The molecule has 190 valence electrons. The van der Waals surface area contributed by atoms with Crippen LogP contribution in [-0.4, -0.2) is 29.1 Å². The number of carbonyl (C=O) groups excluding carboxylic acids is 2. The smallest absolute Gasteiger partial charge is 0.407 e. The van der Waals surface area contributed by atoms with Gasteiger partial charge in [-0.3, -0.25) is 9.59 Å². The summed E-state index contributed by atoms with van der Waals surface area (Å²) >= 11 is 0. The summed E-state index contributed by atoms with van der Waals surface area (Å²) in [5.41, 5.74) is 3.99. The number of ether oxygens (including phenoxy) is 1. The van der Waals surface area contributed by atoms with E-state index < -0.39 is 12.1 Å². The lowest BCUT2D eigenvalue weighted by atomic mass is 9.91. The molecule has 0 radical (unpaired) electrons. The first-order valence-corrected chi connectivity index (χ1v) is 12.3. The molecule has 2 atom stereocenters. The third-order valence-electron chi connectivity index (χ3n) is 6.31. The maximum Gasteiger partial charge on any atom is 0.407 e. The molecule has 7 nitrogen and oxygen atoms in total. The number of aliphatic carboxylic acids is 1. The largest absolute Gasteiger partial charge is 0.481 e. The third-order valence-corrected chi connectivity index (χ3v) is 6.31. The number of allylic oxidation sites excluding steroid dienone is 1. The van der Waals surface area contributed by atoms with Crippen LogP contribution >= 0.6 is 0 Å². The van der Waals surface area contributed by atoms with Crippen LogP contribution in [0, 0.1) is 0 Å². The minimum Gasteiger partial charge on any atom is -0.481 e. The normalized spacial score (nSPS) is 16.7. The first-order chi connectivity index (χ1) is 17.9. The Kier molecular flexibility index (Phi) is 8.36. The minimum absolute atomic E-state index is 0.0833. The van der Waals surface area contributed by atoms with Crippen molar-refractivity contribution in [1.82, 2.24) is 5.32 Å². The number of para-hydroxylation sites is 1. The van der Waals surface area contributed by atoms with Crippen LogP contribution in [0.3, 0.4) is 0 Å². The molecule has 0 fully saturated rings. The Hall–Kier alpha value is -4.39. The molecule has 2 amide bonds. The summed E-state index contributed by atoms with van der Waals surface area (Å²) in [7, 11) is 0. The van der Waals surface area contributed by atoms with Gasteiger partial charge in [-0.25, -0.2) is 4.79 Å². The molecule has 0 saturated heterocycles. The van der Waals surface area contributed by atoms with Gasteiger partial charge in [-0.15, -0.1) is 0 Å². The Morgan fingerprint density at radius 3 is 2.43 bits per heavy atom. The SMILES string of the molecule is C[C@H]1C[C@@H](NC(=O)OCc2ccccc2)c2ccccc2N1C(=O)c1ccc(C=CCCC(=O)O)cc1. The zero-order valence-corrected chi connectivity index (χ0v) is 20.7. The fraction of sp³-hybridized carbons (Fsp3) is 0.233. The van der Waals surface area contributed by atoms with Gasteiger partial charge in [-0.2, -0.15) is 0 Å². The van der Waals surface area contributed by atoms with Gasteiger partial charge in [0.25, 0.3) is 5.91 Å². The van der Waals surface area contributed by atoms with Gasteiger partial charge < -0.3 is 20.1 Å². The maximum atomic E-state index is 13.5. The highest BCUT2D eigenvalue weighted by atomic mass is 16.5. The second-order valence-electron chi connectivity index (χ2n) is 9.03. The summed E-state index contributed by atoms with van der Waals surface area (Å²) in [6.07, 6.45) is 4.25. The van der Waals surface area contributed by atoms with Crippen molar-refractivity contribution in [3.8, 4) is 0 Å². The summed E-state index contributed by atoms with van der Waals surface area (Å²) < 4.78 is 5.42. The number of nitrogens with zero attached hydrogens (tertiary/aromatic N) is 1. The Balaban J connectivity index is 1.45. The zero-order chi connectivity index (χ0) is 26.2. The summed E-state index contributed by atoms with van der Waals surface area (Å²) in [6.45, 7) is 2.16. The second kappa shape index (κ2) is 12.0. The van der Waals surface area contributed by atoms with E-state index in [0.717, 1.165) is 22.4 Å². The summed E-state index contributed by atoms with van der Waals surface area (Å²) in [4.78, 5) is 38.5. The first kappa shape index (κ1) is 25.7. The second-order valence-corrected chi connectivity index (χ2v) is 9.03. The van der Waals surface area contributed by atoms with Crippen LogP contribution in [-0.2, 0) is 16.1 Å². The molecule has 0 unspecified atom stereocenters. The Morgan fingerprint density at radius 1 is 1.00 bits per heavy atom. The maximum absolute atomic E-state index is 13.5. The molecule has 0 aliphatic carbocycles. The highest BCUT2D eigenvalue weighted by Crippen LogP contribution is 2.38. The number of anilines is 1. The molecular formula is C30H30N2O5. The van der Waals surface area contributed by atoms with E-state index in [-0.39, 0.29) is 31.0 Å². The first-order valence-electron chi connectivity index (χ1n) is 12.3. The fourth-order valence-corrected chi connectivity index (χ4v) is 4.47. The van der Waals surface area contributed by atoms with Crippen LogP contribution in [0.4, 0.5) is 10.5 Å². The summed E-state index contributed by atoms with van der Waals surface area (Å²) in [5, 5.41) is 11.7. The molecular weight excluding hydrogens is 468 g/mol. The van der Waals surface area contributed by atoms with Gasteiger partial charge in [0.2, 0.25) is 0 Å². The number of carboxylic acid groups (broad SMARTS) is 1. The lowest BCUT2D eigenvalue weighted by molar-refractivity contribution is -0.136. The summed E-state index contributed by atoms with van der Waals surface area (Å²) in [5.74, 6) is -0.950.